The molecule has 11 heteroatoms. The Kier molecular flexibility index (Phi) is 6.62. The van der Waals surface area contributed by atoms with E-state index in [1.807, 2.05) is 4.90 Å². The summed E-state index contributed by atoms with van der Waals surface area (Å²) in [6, 6.07) is 11.1. The molecule has 2 aromatic carbocycles. The molecule has 166 valence electrons. The lowest BCUT2D eigenvalue weighted by Crippen LogP contribution is -2.37. The average Bonchev–Trinajstić information content (AvgIpc) is 3.32. The Labute approximate surface area is 188 Å². The van der Waals surface area contributed by atoms with Crippen LogP contribution in [0.15, 0.2) is 55.1 Å². The molecule has 1 aromatic heterocycles. The van der Waals surface area contributed by atoms with E-state index in [1.165, 1.54) is 24.8 Å². The van der Waals surface area contributed by atoms with Crippen LogP contribution in [-0.4, -0.2) is 52.0 Å². The van der Waals surface area contributed by atoms with Crippen LogP contribution in [0.25, 0.3) is 0 Å². The van der Waals surface area contributed by atoms with Gasteiger partial charge < -0.3 is 14.4 Å². The quantitative estimate of drug-likeness (QED) is 0.302. The smallest absolute Gasteiger partial charge is 0.341 e. The standard InChI is InChI=1S/C21H20ClN5O5/c22-16-3-1-15(2-4-16)20(12-26-14-23-13-24-26)32-21(28)18-11-17(27(29)30)5-6-19(18)25-7-9-31-10-8-25/h1-6,11,13-14,20H,7-10,12H2. The van der Waals surface area contributed by atoms with Crippen molar-refractivity contribution in [2.24, 2.45) is 0 Å². The van der Waals surface area contributed by atoms with E-state index in [-0.39, 0.29) is 17.8 Å². The summed E-state index contributed by atoms with van der Waals surface area (Å²) in [5.41, 5.74) is 1.21. The number of morpholine rings is 1. The van der Waals surface area contributed by atoms with Crippen LogP contribution in [0.4, 0.5) is 11.4 Å². The number of hydrogen-bond acceptors (Lipinski definition) is 8. The molecular formula is C21H20ClN5O5. The van der Waals surface area contributed by atoms with Crippen LogP contribution in [0.1, 0.15) is 22.0 Å². The van der Waals surface area contributed by atoms with Crippen LogP contribution in [0.2, 0.25) is 5.02 Å². The molecule has 0 radical (unpaired) electrons. The fraction of sp³-hybridized carbons (Fsp3) is 0.286. The molecule has 1 unspecified atom stereocenters. The molecule has 0 bridgehead atoms. The maximum atomic E-state index is 13.3. The van der Waals surface area contributed by atoms with Crippen molar-refractivity contribution >= 4 is 28.9 Å². The van der Waals surface area contributed by atoms with Crippen LogP contribution < -0.4 is 4.90 Å². The first-order valence-electron chi connectivity index (χ1n) is 9.91. The number of aromatic nitrogens is 3. The number of ether oxygens (including phenoxy) is 2. The van der Waals surface area contributed by atoms with E-state index in [1.54, 1.807) is 35.0 Å². The zero-order valence-electron chi connectivity index (χ0n) is 17.0. The molecule has 0 spiro atoms. The number of nitrogens with zero attached hydrogens (tertiary/aromatic N) is 5. The third kappa shape index (κ3) is 5.04. The van der Waals surface area contributed by atoms with Gasteiger partial charge in [-0.25, -0.2) is 14.5 Å². The Balaban J connectivity index is 1.66. The van der Waals surface area contributed by atoms with Gasteiger partial charge in [0.15, 0.2) is 0 Å². The molecule has 1 aliphatic rings. The maximum Gasteiger partial charge on any atom is 0.341 e. The first-order chi connectivity index (χ1) is 15.5. The molecule has 1 aliphatic heterocycles. The van der Waals surface area contributed by atoms with Crippen molar-refractivity contribution < 1.29 is 19.2 Å². The van der Waals surface area contributed by atoms with Crippen molar-refractivity contribution in [3.63, 3.8) is 0 Å². The summed E-state index contributed by atoms with van der Waals surface area (Å²) in [7, 11) is 0. The van der Waals surface area contributed by atoms with E-state index >= 15 is 0 Å². The summed E-state index contributed by atoms with van der Waals surface area (Å²) in [5.74, 6) is -0.671. The summed E-state index contributed by atoms with van der Waals surface area (Å²) in [6.07, 6.45) is 2.19. The predicted molar refractivity (Wildman–Crippen MR) is 116 cm³/mol. The van der Waals surface area contributed by atoms with Crippen LogP contribution in [0.5, 0.6) is 0 Å². The number of esters is 1. The molecule has 2 heterocycles. The summed E-state index contributed by atoms with van der Waals surface area (Å²) in [5, 5.41) is 16.0. The van der Waals surface area contributed by atoms with E-state index in [2.05, 4.69) is 10.1 Å². The topological polar surface area (TPSA) is 113 Å². The van der Waals surface area contributed by atoms with Crippen LogP contribution >= 0.6 is 11.6 Å². The minimum Gasteiger partial charge on any atom is -0.452 e. The fourth-order valence-corrected chi connectivity index (χ4v) is 3.58. The minimum absolute atomic E-state index is 0.124. The number of nitro benzene ring substituents is 1. The zero-order chi connectivity index (χ0) is 22.5. The molecule has 3 aromatic rings. The number of anilines is 1. The highest BCUT2D eigenvalue weighted by Gasteiger charge is 2.26. The van der Waals surface area contributed by atoms with Crippen molar-refractivity contribution in [1.29, 1.82) is 0 Å². The zero-order valence-corrected chi connectivity index (χ0v) is 17.7. The molecular weight excluding hydrogens is 438 g/mol. The average molecular weight is 458 g/mol. The van der Waals surface area contributed by atoms with Gasteiger partial charge in [0.25, 0.3) is 5.69 Å². The Morgan fingerprint density at radius 2 is 1.97 bits per heavy atom. The minimum atomic E-state index is -0.710. The fourth-order valence-electron chi connectivity index (χ4n) is 3.46. The molecule has 0 saturated carbocycles. The van der Waals surface area contributed by atoms with Gasteiger partial charge in [0, 0.05) is 30.2 Å². The van der Waals surface area contributed by atoms with Crippen molar-refractivity contribution in [3.8, 4) is 0 Å². The first-order valence-corrected chi connectivity index (χ1v) is 10.3. The highest BCUT2D eigenvalue weighted by molar-refractivity contribution is 6.30. The molecule has 0 amide bonds. The third-order valence-corrected chi connectivity index (χ3v) is 5.33. The van der Waals surface area contributed by atoms with E-state index in [0.29, 0.717) is 42.6 Å². The largest absolute Gasteiger partial charge is 0.452 e. The van der Waals surface area contributed by atoms with Gasteiger partial charge in [-0.2, -0.15) is 5.10 Å². The highest BCUT2D eigenvalue weighted by atomic mass is 35.5. The Morgan fingerprint density at radius 1 is 1.22 bits per heavy atom. The molecule has 0 aliphatic carbocycles. The predicted octanol–water partition coefficient (Wildman–Crippen LogP) is 3.27. The Hall–Kier alpha value is -3.50. The summed E-state index contributed by atoms with van der Waals surface area (Å²) >= 11 is 6.00. The SMILES string of the molecule is O=C(OC(Cn1cncn1)c1ccc(Cl)cc1)c1cc([N+](=O)[O-])ccc1N1CCOCC1. The monoisotopic (exact) mass is 457 g/mol. The maximum absolute atomic E-state index is 13.3. The van der Waals surface area contributed by atoms with Crippen molar-refractivity contribution in [1.82, 2.24) is 14.8 Å². The van der Waals surface area contributed by atoms with Crippen LogP contribution in [0.3, 0.4) is 0 Å². The van der Waals surface area contributed by atoms with Gasteiger partial charge in [-0.05, 0) is 23.8 Å². The number of benzene rings is 2. The molecule has 4 rings (SSSR count). The van der Waals surface area contributed by atoms with Gasteiger partial charge in [0.1, 0.15) is 18.8 Å². The van der Waals surface area contributed by atoms with Crippen LogP contribution in [-0.2, 0) is 16.0 Å². The number of non-ortho nitro benzene ring substituents is 1. The van der Waals surface area contributed by atoms with Gasteiger partial charge in [-0.3, -0.25) is 10.1 Å². The number of carbonyl (C=O) groups is 1. The first kappa shape index (κ1) is 21.7. The second-order valence-electron chi connectivity index (χ2n) is 7.12. The van der Waals surface area contributed by atoms with Crippen LogP contribution in [0, 0.1) is 10.1 Å². The molecule has 1 atom stereocenters. The van der Waals surface area contributed by atoms with E-state index in [0.717, 1.165) is 0 Å². The van der Waals surface area contributed by atoms with E-state index in [9.17, 15) is 14.9 Å². The Bertz CT molecular complexity index is 1080. The number of nitro groups is 1. The molecule has 1 saturated heterocycles. The highest BCUT2D eigenvalue weighted by Crippen LogP contribution is 2.30. The lowest BCUT2D eigenvalue weighted by atomic mass is 10.1. The summed E-state index contributed by atoms with van der Waals surface area (Å²) < 4.78 is 12.8. The lowest BCUT2D eigenvalue weighted by molar-refractivity contribution is -0.384. The van der Waals surface area contributed by atoms with E-state index in [4.69, 9.17) is 21.1 Å². The molecule has 32 heavy (non-hydrogen) atoms. The van der Waals surface area contributed by atoms with Crippen molar-refractivity contribution in [3.05, 3.63) is 81.4 Å². The van der Waals surface area contributed by atoms with Gasteiger partial charge in [0.05, 0.1) is 35.9 Å². The number of hydrogen-bond donors (Lipinski definition) is 0. The van der Waals surface area contributed by atoms with Gasteiger partial charge in [-0.15, -0.1) is 0 Å². The summed E-state index contributed by atoms with van der Waals surface area (Å²) in [6.45, 7) is 2.36. The molecule has 1 fully saturated rings. The Morgan fingerprint density at radius 3 is 2.62 bits per heavy atom. The summed E-state index contributed by atoms with van der Waals surface area (Å²) in [4.78, 5) is 30.0. The number of rotatable bonds is 7. The second kappa shape index (κ2) is 9.75. The lowest BCUT2D eigenvalue weighted by Gasteiger charge is -2.30. The van der Waals surface area contributed by atoms with Crippen molar-refractivity contribution in [2.75, 3.05) is 31.2 Å². The van der Waals surface area contributed by atoms with Gasteiger partial charge in [-0.1, -0.05) is 23.7 Å². The third-order valence-electron chi connectivity index (χ3n) is 5.07. The molecule has 10 nitrogen and oxygen atoms in total. The number of halogens is 1. The molecule has 0 N–H and O–H groups in total. The second-order valence-corrected chi connectivity index (χ2v) is 7.56. The number of carbonyl (C=O) groups excluding carboxylic acids is 1. The normalized spacial score (nSPS) is 14.7. The van der Waals surface area contributed by atoms with Gasteiger partial charge in [0.2, 0.25) is 0 Å². The van der Waals surface area contributed by atoms with E-state index < -0.39 is 17.0 Å². The van der Waals surface area contributed by atoms with Crippen molar-refractivity contribution in [2.45, 2.75) is 12.6 Å². The van der Waals surface area contributed by atoms with Gasteiger partial charge >= 0.3 is 5.97 Å².